The third-order valence-electron chi connectivity index (χ3n) is 2.68. The van der Waals surface area contributed by atoms with Gasteiger partial charge in [0.15, 0.2) is 0 Å². The molecule has 1 aliphatic heterocycles. The van der Waals surface area contributed by atoms with Gasteiger partial charge >= 0.3 is 0 Å². The van der Waals surface area contributed by atoms with E-state index in [4.69, 9.17) is 14.2 Å². The van der Waals surface area contributed by atoms with Crippen LogP contribution in [-0.4, -0.2) is 64.7 Å². The molecule has 1 fully saturated rings. The van der Waals surface area contributed by atoms with Crippen LogP contribution in [0.15, 0.2) is 0 Å². The van der Waals surface area contributed by atoms with Crippen LogP contribution >= 0.6 is 11.8 Å². The van der Waals surface area contributed by atoms with Gasteiger partial charge in [-0.25, -0.2) is 0 Å². The van der Waals surface area contributed by atoms with E-state index in [2.05, 4.69) is 17.1 Å². The second-order valence-corrected chi connectivity index (χ2v) is 5.30. The third-order valence-corrected chi connectivity index (χ3v) is 3.92. The van der Waals surface area contributed by atoms with Gasteiger partial charge in [-0.2, -0.15) is 11.8 Å². The quantitative estimate of drug-likeness (QED) is 0.563. The molecule has 0 amide bonds. The van der Waals surface area contributed by atoms with Crippen molar-refractivity contribution in [3.63, 3.8) is 0 Å². The zero-order chi connectivity index (χ0) is 12.2. The molecule has 0 aliphatic carbocycles. The van der Waals surface area contributed by atoms with E-state index in [0.717, 1.165) is 25.6 Å². The highest BCUT2D eigenvalue weighted by Crippen LogP contribution is 2.22. The molecule has 0 saturated carbocycles. The first-order chi connectivity index (χ1) is 8.43. The van der Waals surface area contributed by atoms with Crippen molar-refractivity contribution in [2.24, 2.45) is 5.92 Å². The first-order valence-electron chi connectivity index (χ1n) is 6.36. The molecule has 0 aromatic rings. The summed E-state index contributed by atoms with van der Waals surface area (Å²) in [6.45, 7) is 5.49. The van der Waals surface area contributed by atoms with Crippen LogP contribution < -0.4 is 5.32 Å². The van der Waals surface area contributed by atoms with Crippen molar-refractivity contribution in [3.05, 3.63) is 0 Å². The molecule has 1 atom stereocenters. The maximum atomic E-state index is 5.45. The van der Waals surface area contributed by atoms with Crippen molar-refractivity contribution in [1.82, 2.24) is 5.32 Å². The van der Waals surface area contributed by atoms with Gasteiger partial charge in [0.1, 0.15) is 0 Å². The summed E-state index contributed by atoms with van der Waals surface area (Å²) < 4.78 is 15.6. The highest BCUT2D eigenvalue weighted by Gasteiger charge is 2.14. The Morgan fingerprint density at radius 2 is 1.88 bits per heavy atom. The van der Waals surface area contributed by atoms with Gasteiger partial charge in [-0.1, -0.05) is 0 Å². The Labute approximate surface area is 109 Å². The van der Waals surface area contributed by atoms with Gasteiger partial charge in [0.05, 0.1) is 33.0 Å². The molecular weight excluding hydrogens is 238 g/mol. The Hall–Kier alpha value is 0.190. The summed E-state index contributed by atoms with van der Waals surface area (Å²) in [4.78, 5) is 0. The maximum absolute atomic E-state index is 5.45. The van der Waals surface area contributed by atoms with E-state index in [1.54, 1.807) is 7.11 Å². The maximum Gasteiger partial charge on any atom is 0.0701 e. The number of rotatable bonds is 11. The highest BCUT2D eigenvalue weighted by molar-refractivity contribution is 7.99. The number of hydrogen-bond acceptors (Lipinski definition) is 5. The van der Waals surface area contributed by atoms with Crippen molar-refractivity contribution < 1.29 is 14.2 Å². The molecule has 1 aliphatic rings. The number of thioether (sulfide) groups is 1. The van der Waals surface area contributed by atoms with Crippen LogP contribution in [0.5, 0.6) is 0 Å². The number of methoxy groups -OCH3 is 1. The van der Waals surface area contributed by atoms with Crippen molar-refractivity contribution in [1.29, 1.82) is 0 Å². The van der Waals surface area contributed by atoms with Crippen molar-refractivity contribution in [3.8, 4) is 0 Å². The minimum atomic E-state index is 0.650. The lowest BCUT2D eigenvalue weighted by molar-refractivity contribution is 0.0255. The molecule has 4 nitrogen and oxygen atoms in total. The van der Waals surface area contributed by atoms with Crippen LogP contribution in [-0.2, 0) is 14.2 Å². The molecule has 0 radical (unpaired) electrons. The summed E-state index contributed by atoms with van der Waals surface area (Å²) in [6.07, 6.45) is 1.37. The molecular formula is C12H25NO3S. The monoisotopic (exact) mass is 263 g/mol. The molecule has 5 heteroatoms. The fourth-order valence-corrected chi connectivity index (χ4v) is 2.94. The Morgan fingerprint density at radius 1 is 1.12 bits per heavy atom. The van der Waals surface area contributed by atoms with E-state index in [0.29, 0.717) is 26.4 Å². The summed E-state index contributed by atoms with van der Waals surface area (Å²) in [6, 6.07) is 0. The summed E-state index contributed by atoms with van der Waals surface area (Å²) in [5, 5.41) is 3.44. The van der Waals surface area contributed by atoms with E-state index in [9.17, 15) is 0 Å². The van der Waals surface area contributed by atoms with Crippen LogP contribution in [0.4, 0.5) is 0 Å². The fraction of sp³-hybridized carbons (Fsp3) is 1.00. The van der Waals surface area contributed by atoms with Gasteiger partial charge in [-0.15, -0.1) is 0 Å². The molecule has 1 rings (SSSR count). The van der Waals surface area contributed by atoms with Gasteiger partial charge in [0.25, 0.3) is 0 Å². The van der Waals surface area contributed by atoms with Crippen LogP contribution in [0.3, 0.4) is 0 Å². The largest absolute Gasteiger partial charge is 0.382 e. The third kappa shape index (κ3) is 8.85. The number of nitrogens with one attached hydrogen (secondary N) is 1. The van der Waals surface area contributed by atoms with E-state index in [-0.39, 0.29) is 0 Å². The van der Waals surface area contributed by atoms with Crippen LogP contribution in [0.2, 0.25) is 0 Å². The summed E-state index contributed by atoms with van der Waals surface area (Å²) in [5.74, 6) is 3.53. The van der Waals surface area contributed by atoms with Gasteiger partial charge in [0.2, 0.25) is 0 Å². The first-order valence-corrected chi connectivity index (χ1v) is 7.52. The standard InChI is InChI=1S/C12H25NO3S/c1-14-5-6-16-8-7-15-4-3-13-10-12-2-9-17-11-12/h12-13H,2-11H2,1H3. The zero-order valence-corrected chi connectivity index (χ0v) is 11.6. The lowest BCUT2D eigenvalue weighted by atomic mass is 10.1. The van der Waals surface area contributed by atoms with Crippen LogP contribution in [0.25, 0.3) is 0 Å². The molecule has 0 bridgehead atoms. The normalized spacial score (nSPS) is 19.9. The predicted molar refractivity (Wildman–Crippen MR) is 71.8 cm³/mol. The van der Waals surface area contributed by atoms with E-state index < -0.39 is 0 Å². The van der Waals surface area contributed by atoms with E-state index in [1.165, 1.54) is 17.9 Å². The summed E-state index contributed by atoms with van der Waals surface area (Å²) >= 11 is 2.07. The van der Waals surface area contributed by atoms with Gasteiger partial charge < -0.3 is 19.5 Å². The second-order valence-electron chi connectivity index (χ2n) is 4.15. The molecule has 1 N–H and O–H groups in total. The smallest absolute Gasteiger partial charge is 0.0701 e. The Kier molecular flexibility index (Phi) is 10.1. The minimum absolute atomic E-state index is 0.650. The average molecular weight is 263 g/mol. The summed E-state index contributed by atoms with van der Waals surface area (Å²) in [5.41, 5.74) is 0. The van der Waals surface area contributed by atoms with Crippen molar-refractivity contribution in [2.45, 2.75) is 6.42 Å². The second kappa shape index (κ2) is 11.3. The Balaban J connectivity index is 1.69. The lowest BCUT2D eigenvalue weighted by Gasteiger charge is -2.10. The molecule has 0 aromatic carbocycles. The summed E-state index contributed by atoms with van der Waals surface area (Å²) in [7, 11) is 1.67. The number of hydrogen-bond donors (Lipinski definition) is 1. The fourth-order valence-electron chi connectivity index (χ4n) is 1.66. The molecule has 1 unspecified atom stereocenters. The molecule has 0 aromatic heterocycles. The molecule has 1 saturated heterocycles. The molecule has 17 heavy (non-hydrogen) atoms. The van der Waals surface area contributed by atoms with Gasteiger partial charge in [-0.3, -0.25) is 0 Å². The van der Waals surface area contributed by atoms with Crippen LogP contribution in [0.1, 0.15) is 6.42 Å². The van der Waals surface area contributed by atoms with Gasteiger partial charge in [0, 0.05) is 13.7 Å². The predicted octanol–water partition coefficient (Wildman–Crippen LogP) is 1.01. The molecule has 1 heterocycles. The minimum Gasteiger partial charge on any atom is -0.382 e. The SMILES string of the molecule is COCCOCCOCCNCC1CCSC1. The highest BCUT2D eigenvalue weighted by atomic mass is 32.2. The molecule has 102 valence electrons. The van der Waals surface area contributed by atoms with E-state index in [1.807, 2.05) is 0 Å². The molecule has 0 spiro atoms. The van der Waals surface area contributed by atoms with Crippen LogP contribution in [0, 0.1) is 5.92 Å². The lowest BCUT2D eigenvalue weighted by Crippen LogP contribution is -2.26. The van der Waals surface area contributed by atoms with Gasteiger partial charge in [-0.05, 0) is 30.4 Å². The van der Waals surface area contributed by atoms with E-state index >= 15 is 0 Å². The topological polar surface area (TPSA) is 39.7 Å². The Bertz CT molecular complexity index is 166. The Morgan fingerprint density at radius 3 is 2.59 bits per heavy atom. The van der Waals surface area contributed by atoms with Crippen molar-refractivity contribution in [2.75, 3.05) is 64.7 Å². The number of ether oxygens (including phenoxy) is 3. The zero-order valence-electron chi connectivity index (χ0n) is 10.8. The van der Waals surface area contributed by atoms with Crippen molar-refractivity contribution >= 4 is 11.8 Å². The average Bonchev–Trinajstić information content (AvgIpc) is 2.85. The first kappa shape index (κ1) is 15.2.